The highest BCUT2D eigenvalue weighted by Gasteiger charge is 2.09. The molecule has 0 unspecified atom stereocenters. The predicted molar refractivity (Wildman–Crippen MR) is 107 cm³/mol. The number of halogens is 1. The molecule has 7 nitrogen and oxygen atoms in total. The van der Waals surface area contributed by atoms with Gasteiger partial charge in [-0.2, -0.15) is 0 Å². The van der Waals surface area contributed by atoms with Crippen LogP contribution in [0.15, 0.2) is 60.8 Å². The minimum atomic E-state index is -0.348. The second kappa shape index (κ2) is 10.0. The number of ether oxygens (including phenoxy) is 2. The minimum absolute atomic E-state index is 0.209. The van der Waals surface area contributed by atoms with E-state index in [0.717, 1.165) is 5.75 Å². The molecule has 0 aliphatic carbocycles. The smallest absolute Gasteiger partial charge is 0.270 e. The first kappa shape index (κ1) is 20.1. The summed E-state index contributed by atoms with van der Waals surface area (Å²) in [5.74, 6) is 1.01. The average Bonchev–Trinajstić information content (AvgIpc) is 2.76. The van der Waals surface area contributed by atoms with Gasteiger partial charge in [-0.05, 0) is 36.4 Å². The van der Waals surface area contributed by atoms with Gasteiger partial charge in [0.2, 0.25) is 5.95 Å². The standard InChI is InChI=1S/C21H21FN4O3/c1-28-16-6-8-17(9-7-16)29-13-12-23-20(27)19-10-11-24-21(26-19)25-14-15-4-2-3-5-18(15)22/h2-11H,12-14H2,1H3,(H,23,27)(H,24,25,26). The maximum absolute atomic E-state index is 13.7. The Hall–Kier alpha value is -3.68. The monoisotopic (exact) mass is 396 g/mol. The maximum Gasteiger partial charge on any atom is 0.270 e. The summed E-state index contributed by atoms with van der Waals surface area (Å²) in [5, 5.41) is 5.65. The lowest BCUT2D eigenvalue weighted by atomic mass is 10.2. The Balaban J connectivity index is 1.46. The van der Waals surface area contributed by atoms with Gasteiger partial charge in [-0.15, -0.1) is 0 Å². The number of hydrogen-bond donors (Lipinski definition) is 2. The summed E-state index contributed by atoms with van der Waals surface area (Å²) in [7, 11) is 1.60. The van der Waals surface area contributed by atoms with Crippen LogP contribution in [0.2, 0.25) is 0 Å². The van der Waals surface area contributed by atoms with Gasteiger partial charge in [-0.3, -0.25) is 4.79 Å². The maximum atomic E-state index is 13.7. The highest BCUT2D eigenvalue weighted by molar-refractivity contribution is 5.92. The summed E-state index contributed by atoms with van der Waals surface area (Å²) >= 11 is 0. The van der Waals surface area contributed by atoms with E-state index in [9.17, 15) is 9.18 Å². The van der Waals surface area contributed by atoms with Crippen molar-refractivity contribution in [3.8, 4) is 11.5 Å². The van der Waals surface area contributed by atoms with Crippen molar-refractivity contribution in [1.82, 2.24) is 15.3 Å². The number of anilines is 1. The van der Waals surface area contributed by atoms with Gasteiger partial charge in [0.05, 0.1) is 13.7 Å². The van der Waals surface area contributed by atoms with Gasteiger partial charge in [-0.1, -0.05) is 18.2 Å². The molecule has 150 valence electrons. The largest absolute Gasteiger partial charge is 0.497 e. The molecule has 0 saturated carbocycles. The van der Waals surface area contributed by atoms with Crippen LogP contribution in [0.1, 0.15) is 16.1 Å². The highest BCUT2D eigenvalue weighted by Crippen LogP contribution is 2.16. The molecule has 0 saturated heterocycles. The van der Waals surface area contributed by atoms with Crippen molar-refractivity contribution >= 4 is 11.9 Å². The van der Waals surface area contributed by atoms with Gasteiger partial charge < -0.3 is 20.1 Å². The molecule has 1 aromatic heterocycles. The molecule has 0 fully saturated rings. The Morgan fingerprint density at radius 1 is 1.07 bits per heavy atom. The SMILES string of the molecule is COc1ccc(OCCNC(=O)c2ccnc(NCc3ccccc3F)n2)cc1. The summed E-state index contributed by atoms with van der Waals surface area (Å²) in [4.78, 5) is 20.5. The lowest BCUT2D eigenvalue weighted by molar-refractivity contribution is 0.0942. The molecule has 0 atom stereocenters. The normalized spacial score (nSPS) is 10.3. The van der Waals surface area contributed by atoms with Crippen molar-refractivity contribution in [3.05, 3.63) is 77.9 Å². The Kier molecular flexibility index (Phi) is 6.94. The zero-order chi connectivity index (χ0) is 20.5. The Bertz CT molecular complexity index is 951. The van der Waals surface area contributed by atoms with Crippen LogP contribution >= 0.6 is 0 Å². The van der Waals surface area contributed by atoms with Crippen molar-refractivity contribution in [2.45, 2.75) is 6.54 Å². The molecule has 0 bridgehead atoms. The van der Waals surface area contributed by atoms with Gasteiger partial charge in [0.15, 0.2) is 0 Å². The van der Waals surface area contributed by atoms with Crippen LogP contribution in [-0.4, -0.2) is 36.1 Å². The van der Waals surface area contributed by atoms with Crippen molar-refractivity contribution < 1.29 is 18.7 Å². The van der Waals surface area contributed by atoms with Crippen LogP contribution in [0.3, 0.4) is 0 Å². The van der Waals surface area contributed by atoms with E-state index in [1.165, 1.54) is 18.3 Å². The van der Waals surface area contributed by atoms with Crippen molar-refractivity contribution in [3.63, 3.8) is 0 Å². The van der Waals surface area contributed by atoms with E-state index in [0.29, 0.717) is 24.5 Å². The molecule has 2 N–H and O–H groups in total. The fraction of sp³-hybridized carbons (Fsp3) is 0.190. The van der Waals surface area contributed by atoms with E-state index in [4.69, 9.17) is 9.47 Å². The molecule has 2 aromatic carbocycles. The highest BCUT2D eigenvalue weighted by atomic mass is 19.1. The Morgan fingerprint density at radius 2 is 1.83 bits per heavy atom. The van der Waals surface area contributed by atoms with Crippen molar-refractivity contribution in [2.75, 3.05) is 25.6 Å². The zero-order valence-electron chi connectivity index (χ0n) is 15.9. The van der Waals surface area contributed by atoms with E-state index in [1.807, 2.05) is 0 Å². The summed E-state index contributed by atoms with van der Waals surface area (Å²) < 4.78 is 24.3. The second-order valence-corrected chi connectivity index (χ2v) is 5.99. The van der Waals surface area contributed by atoms with Crippen LogP contribution in [0.5, 0.6) is 11.5 Å². The number of amides is 1. The summed E-state index contributed by atoms with van der Waals surface area (Å²) in [6, 6.07) is 15.1. The van der Waals surface area contributed by atoms with E-state index in [1.54, 1.807) is 49.6 Å². The molecular formula is C21H21FN4O3. The van der Waals surface area contributed by atoms with Crippen LogP contribution in [0, 0.1) is 5.82 Å². The quantitative estimate of drug-likeness (QED) is 0.541. The summed E-state index contributed by atoms with van der Waals surface area (Å²) in [5.41, 5.74) is 0.696. The molecule has 1 amide bonds. The van der Waals surface area contributed by atoms with E-state index >= 15 is 0 Å². The van der Waals surface area contributed by atoms with Crippen LogP contribution in [0.4, 0.5) is 10.3 Å². The van der Waals surface area contributed by atoms with Gasteiger partial charge in [-0.25, -0.2) is 14.4 Å². The average molecular weight is 396 g/mol. The third kappa shape index (κ3) is 5.90. The number of carbonyl (C=O) groups is 1. The molecule has 0 spiro atoms. The third-order valence-corrected chi connectivity index (χ3v) is 4.00. The van der Waals surface area contributed by atoms with Gasteiger partial charge in [0.25, 0.3) is 5.91 Å². The molecular weight excluding hydrogens is 375 g/mol. The molecule has 0 aliphatic rings. The lowest BCUT2D eigenvalue weighted by Crippen LogP contribution is -2.29. The Morgan fingerprint density at radius 3 is 2.59 bits per heavy atom. The number of benzene rings is 2. The summed E-state index contributed by atoms with van der Waals surface area (Å²) in [6.07, 6.45) is 1.47. The van der Waals surface area contributed by atoms with E-state index in [-0.39, 0.29) is 29.9 Å². The van der Waals surface area contributed by atoms with Crippen molar-refractivity contribution in [1.29, 1.82) is 0 Å². The van der Waals surface area contributed by atoms with Crippen LogP contribution < -0.4 is 20.1 Å². The number of aromatic nitrogens is 2. The number of methoxy groups -OCH3 is 1. The van der Waals surface area contributed by atoms with Gasteiger partial charge in [0.1, 0.15) is 29.6 Å². The Labute approximate surface area is 167 Å². The molecule has 3 aromatic rings. The number of hydrogen-bond acceptors (Lipinski definition) is 6. The molecule has 8 heteroatoms. The first-order valence-electron chi connectivity index (χ1n) is 9.01. The topological polar surface area (TPSA) is 85.4 Å². The lowest BCUT2D eigenvalue weighted by Gasteiger charge is -2.09. The molecule has 0 radical (unpaired) electrons. The van der Waals surface area contributed by atoms with Gasteiger partial charge in [0, 0.05) is 18.3 Å². The van der Waals surface area contributed by atoms with E-state index < -0.39 is 0 Å². The number of carbonyl (C=O) groups excluding carboxylic acids is 1. The van der Waals surface area contributed by atoms with Gasteiger partial charge >= 0.3 is 0 Å². The number of nitrogens with one attached hydrogen (secondary N) is 2. The predicted octanol–water partition coefficient (Wildman–Crippen LogP) is 3.05. The second-order valence-electron chi connectivity index (χ2n) is 5.99. The summed E-state index contributed by atoms with van der Waals surface area (Å²) in [6.45, 7) is 0.835. The zero-order valence-corrected chi connectivity index (χ0v) is 15.9. The molecule has 0 aliphatic heterocycles. The van der Waals surface area contributed by atoms with Crippen molar-refractivity contribution in [2.24, 2.45) is 0 Å². The minimum Gasteiger partial charge on any atom is -0.497 e. The van der Waals surface area contributed by atoms with E-state index in [2.05, 4.69) is 20.6 Å². The fourth-order valence-corrected chi connectivity index (χ4v) is 2.48. The molecule has 3 rings (SSSR count). The molecule has 1 heterocycles. The number of rotatable bonds is 9. The first-order valence-corrected chi connectivity index (χ1v) is 9.01. The third-order valence-electron chi connectivity index (χ3n) is 4.00. The number of nitrogens with zero attached hydrogens (tertiary/aromatic N) is 2. The molecule has 29 heavy (non-hydrogen) atoms. The fourth-order valence-electron chi connectivity index (χ4n) is 2.48. The first-order chi connectivity index (χ1) is 14.2. The van der Waals surface area contributed by atoms with Crippen LogP contribution in [-0.2, 0) is 6.54 Å². The van der Waals surface area contributed by atoms with Crippen LogP contribution in [0.25, 0.3) is 0 Å².